The molecular weight excluding hydrogens is 450 g/mol. The fourth-order valence-electron chi connectivity index (χ4n) is 3.14. The second-order valence-corrected chi connectivity index (χ2v) is 10.1. The van der Waals surface area contributed by atoms with Crippen molar-refractivity contribution >= 4 is 56.0 Å². The predicted molar refractivity (Wildman–Crippen MR) is 133 cm³/mol. The van der Waals surface area contributed by atoms with E-state index in [0.717, 1.165) is 44.5 Å². The first kappa shape index (κ1) is 23.9. The number of hydrogen-bond acceptors (Lipinski definition) is 6. The molecule has 2 aromatic carbocycles. The molecule has 0 radical (unpaired) electrons. The van der Waals surface area contributed by atoms with Crippen molar-refractivity contribution in [2.24, 2.45) is 0 Å². The zero-order valence-corrected chi connectivity index (χ0v) is 20.7. The Bertz CT molecular complexity index is 1020. The maximum atomic E-state index is 13.2. The van der Waals surface area contributed by atoms with E-state index in [1.807, 2.05) is 62.3 Å². The van der Waals surface area contributed by atoms with Gasteiger partial charge in [0.1, 0.15) is 5.75 Å². The van der Waals surface area contributed by atoms with E-state index in [2.05, 4.69) is 4.90 Å². The molecular formula is C23H28ClN3O2S2. The van der Waals surface area contributed by atoms with Gasteiger partial charge >= 0.3 is 0 Å². The van der Waals surface area contributed by atoms with Gasteiger partial charge in [-0.3, -0.25) is 9.69 Å². The monoisotopic (exact) mass is 477 g/mol. The number of aryl methyl sites for hydroxylation is 1. The highest BCUT2D eigenvalue weighted by Crippen LogP contribution is 2.34. The minimum atomic E-state index is 0.0996. The minimum Gasteiger partial charge on any atom is -0.497 e. The number of carbonyl (C=O) groups is 1. The molecule has 0 fully saturated rings. The van der Waals surface area contributed by atoms with Gasteiger partial charge in [-0.15, -0.1) is 11.8 Å². The van der Waals surface area contributed by atoms with Crippen molar-refractivity contribution in [1.82, 2.24) is 9.88 Å². The van der Waals surface area contributed by atoms with Gasteiger partial charge in [-0.1, -0.05) is 22.9 Å². The lowest BCUT2D eigenvalue weighted by atomic mass is 10.2. The lowest BCUT2D eigenvalue weighted by Crippen LogP contribution is -2.33. The number of halogens is 1. The minimum absolute atomic E-state index is 0.0996. The molecule has 3 rings (SSSR count). The van der Waals surface area contributed by atoms with E-state index in [4.69, 9.17) is 21.3 Å². The SMILES string of the molecule is COc1ccc(SCCC(=O)N(CCCN(C)C)c2nc3c(C)c(Cl)ccc3s2)cc1. The molecule has 0 aliphatic carbocycles. The van der Waals surface area contributed by atoms with E-state index in [1.165, 1.54) is 0 Å². The normalized spacial score (nSPS) is 11.3. The van der Waals surface area contributed by atoms with Crippen molar-refractivity contribution < 1.29 is 9.53 Å². The predicted octanol–water partition coefficient (Wildman–Crippen LogP) is 5.73. The summed E-state index contributed by atoms with van der Waals surface area (Å²) >= 11 is 9.49. The van der Waals surface area contributed by atoms with Crippen LogP contribution in [0.25, 0.3) is 10.2 Å². The van der Waals surface area contributed by atoms with E-state index in [9.17, 15) is 4.79 Å². The van der Waals surface area contributed by atoms with Gasteiger partial charge in [0, 0.05) is 28.6 Å². The van der Waals surface area contributed by atoms with Gasteiger partial charge < -0.3 is 9.64 Å². The number of methoxy groups -OCH3 is 1. The molecule has 5 nitrogen and oxygen atoms in total. The van der Waals surface area contributed by atoms with E-state index in [0.29, 0.717) is 23.7 Å². The maximum Gasteiger partial charge on any atom is 0.229 e. The van der Waals surface area contributed by atoms with Crippen LogP contribution >= 0.6 is 34.7 Å². The second kappa shape index (κ2) is 11.2. The maximum absolute atomic E-state index is 13.2. The third-order valence-electron chi connectivity index (χ3n) is 4.90. The fraction of sp³-hybridized carbons (Fsp3) is 0.391. The van der Waals surface area contributed by atoms with Crippen LogP contribution in [0.1, 0.15) is 18.4 Å². The zero-order valence-electron chi connectivity index (χ0n) is 18.4. The van der Waals surface area contributed by atoms with Crippen LogP contribution in [0.15, 0.2) is 41.3 Å². The smallest absolute Gasteiger partial charge is 0.229 e. The lowest BCUT2D eigenvalue weighted by molar-refractivity contribution is -0.118. The summed E-state index contributed by atoms with van der Waals surface area (Å²) in [6.45, 7) is 3.54. The third kappa shape index (κ3) is 6.35. The molecule has 0 aliphatic heterocycles. The Morgan fingerprint density at radius 2 is 1.90 bits per heavy atom. The second-order valence-electron chi connectivity index (χ2n) is 7.49. The Labute approximate surface area is 197 Å². The van der Waals surface area contributed by atoms with Crippen molar-refractivity contribution in [3.8, 4) is 5.75 Å². The number of benzene rings is 2. The Morgan fingerprint density at radius 3 is 2.58 bits per heavy atom. The van der Waals surface area contributed by atoms with Gasteiger partial charge in [0.15, 0.2) is 5.13 Å². The van der Waals surface area contributed by atoms with Crippen LogP contribution in [-0.4, -0.2) is 55.8 Å². The molecule has 3 aromatic rings. The van der Waals surface area contributed by atoms with Crippen molar-refractivity contribution in [3.05, 3.63) is 47.0 Å². The van der Waals surface area contributed by atoms with Crippen LogP contribution in [0.2, 0.25) is 5.02 Å². The molecule has 0 unspecified atom stereocenters. The number of fused-ring (bicyclic) bond motifs is 1. The van der Waals surface area contributed by atoms with Crippen molar-refractivity contribution in [2.45, 2.75) is 24.7 Å². The number of anilines is 1. The summed E-state index contributed by atoms with van der Waals surface area (Å²) in [5.41, 5.74) is 1.84. The fourth-order valence-corrected chi connectivity index (χ4v) is 5.20. The van der Waals surface area contributed by atoms with Crippen LogP contribution in [0.4, 0.5) is 5.13 Å². The number of amides is 1. The number of thiazole rings is 1. The molecule has 0 bridgehead atoms. The number of hydrogen-bond donors (Lipinski definition) is 0. The number of aromatic nitrogens is 1. The summed E-state index contributed by atoms with van der Waals surface area (Å²) in [5, 5.41) is 1.45. The summed E-state index contributed by atoms with van der Waals surface area (Å²) in [5.74, 6) is 1.65. The molecule has 1 amide bonds. The first-order valence-corrected chi connectivity index (χ1v) is 12.3. The van der Waals surface area contributed by atoms with Crippen molar-refractivity contribution in [2.75, 3.05) is 44.9 Å². The van der Waals surface area contributed by atoms with Gasteiger partial charge in [-0.05, 0) is 75.9 Å². The Kier molecular flexibility index (Phi) is 8.60. The number of thioether (sulfide) groups is 1. The topological polar surface area (TPSA) is 45.7 Å². The molecule has 0 saturated carbocycles. The molecule has 1 aromatic heterocycles. The van der Waals surface area contributed by atoms with Crippen LogP contribution in [-0.2, 0) is 4.79 Å². The summed E-state index contributed by atoms with van der Waals surface area (Å²) in [6, 6.07) is 11.8. The van der Waals surface area contributed by atoms with E-state index in [-0.39, 0.29) is 5.91 Å². The summed E-state index contributed by atoms with van der Waals surface area (Å²) < 4.78 is 6.25. The molecule has 0 aliphatic rings. The van der Waals surface area contributed by atoms with Crippen LogP contribution in [0.5, 0.6) is 5.75 Å². The average molecular weight is 478 g/mol. The van der Waals surface area contributed by atoms with Gasteiger partial charge in [-0.25, -0.2) is 4.98 Å². The van der Waals surface area contributed by atoms with Crippen LogP contribution in [0.3, 0.4) is 0 Å². The number of rotatable bonds is 10. The van der Waals surface area contributed by atoms with Crippen molar-refractivity contribution in [1.29, 1.82) is 0 Å². The summed E-state index contributed by atoms with van der Waals surface area (Å²) in [7, 11) is 5.74. The quantitative estimate of drug-likeness (QED) is 0.349. The van der Waals surface area contributed by atoms with Crippen LogP contribution in [0, 0.1) is 6.92 Å². The molecule has 0 spiro atoms. The first-order valence-electron chi connectivity index (χ1n) is 10.2. The summed E-state index contributed by atoms with van der Waals surface area (Å²) in [6.07, 6.45) is 1.34. The Balaban J connectivity index is 1.71. The summed E-state index contributed by atoms with van der Waals surface area (Å²) in [4.78, 5) is 23.0. The van der Waals surface area contributed by atoms with E-state index >= 15 is 0 Å². The highest BCUT2D eigenvalue weighted by Gasteiger charge is 2.20. The van der Waals surface area contributed by atoms with Gasteiger partial charge in [0.05, 0.1) is 17.3 Å². The Morgan fingerprint density at radius 1 is 1.16 bits per heavy atom. The van der Waals surface area contributed by atoms with E-state index in [1.54, 1.807) is 30.2 Å². The molecule has 0 atom stereocenters. The highest BCUT2D eigenvalue weighted by molar-refractivity contribution is 7.99. The van der Waals surface area contributed by atoms with E-state index < -0.39 is 0 Å². The highest BCUT2D eigenvalue weighted by atomic mass is 35.5. The number of nitrogens with zero attached hydrogens (tertiary/aromatic N) is 3. The number of ether oxygens (including phenoxy) is 1. The first-order chi connectivity index (χ1) is 14.9. The molecule has 31 heavy (non-hydrogen) atoms. The standard InChI is InChI=1S/C23H28ClN3O2S2/c1-16-19(24)10-11-20-22(16)25-23(31-20)27(14-5-13-26(2)3)21(28)12-15-30-18-8-6-17(29-4)7-9-18/h6-11H,5,12-15H2,1-4H3. The average Bonchev–Trinajstić information content (AvgIpc) is 3.18. The van der Waals surface area contributed by atoms with Gasteiger partial charge in [0.25, 0.3) is 0 Å². The number of carbonyl (C=O) groups excluding carboxylic acids is 1. The zero-order chi connectivity index (χ0) is 22.4. The van der Waals surface area contributed by atoms with Crippen molar-refractivity contribution in [3.63, 3.8) is 0 Å². The largest absolute Gasteiger partial charge is 0.497 e. The molecule has 1 heterocycles. The third-order valence-corrected chi connectivity index (χ3v) is 7.37. The van der Waals surface area contributed by atoms with Gasteiger partial charge in [0.2, 0.25) is 5.91 Å². The lowest BCUT2D eigenvalue weighted by Gasteiger charge is -2.21. The molecule has 166 valence electrons. The van der Waals surface area contributed by atoms with Gasteiger partial charge in [-0.2, -0.15) is 0 Å². The molecule has 8 heteroatoms. The molecule has 0 saturated heterocycles. The Hall–Kier alpha value is -1.80. The molecule has 0 N–H and O–H groups in total. The van der Waals surface area contributed by atoms with Crippen LogP contribution < -0.4 is 9.64 Å².